The van der Waals surface area contributed by atoms with E-state index < -0.39 is 0 Å². The highest BCUT2D eigenvalue weighted by Crippen LogP contribution is 2.42. The standard InChI is InChI=1S/C19H23N9O/c1-3-14-17-24-22-11-26(17)15-10-21-19(27-9-8-13(25-27)18(29)20-2)23-16(15)28(14)12-6-4-5-7-12/h8-12,14H,3-7H2,1-2H3,(H,20,29). The summed E-state index contributed by atoms with van der Waals surface area (Å²) < 4.78 is 3.53. The number of aromatic nitrogens is 7. The molecule has 4 heterocycles. The molecule has 2 aliphatic rings. The Kier molecular flexibility index (Phi) is 4.26. The van der Waals surface area contributed by atoms with Crippen molar-refractivity contribution in [2.24, 2.45) is 0 Å². The lowest BCUT2D eigenvalue weighted by Gasteiger charge is -2.40. The molecule has 1 aliphatic heterocycles. The normalized spacial score (nSPS) is 18.6. The number of nitrogens with one attached hydrogen (secondary N) is 1. The van der Waals surface area contributed by atoms with E-state index in [0.717, 1.165) is 36.6 Å². The molecule has 0 aromatic carbocycles. The van der Waals surface area contributed by atoms with Gasteiger partial charge in [-0.25, -0.2) is 9.67 Å². The van der Waals surface area contributed by atoms with E-state index in [1.54, 1.807) is 36.5 Å². The molecule has 0 saturated heterocycles. The van der Waals surface area contributed by atoms with E-state index in [0.29, 0.717) is 17.7 Å². The van der Waals surface area contributed by atoms with Crippen LogP contribution in [0.5, 0.6) is 0 Å². The van der Waals surface area contributed by atoms with Gasteiger partial charge in [-0.05, 0) is 25.3 Å². The molecule has 1 aliphatic carbocycles. The predicted octanol–water partition coefficient (Wildman–Crippen LogP) is 1.82. The van der Waals surface area contributed by atoms with E-state index in [9.17, 15) is 4.79 Å². The van der Waals surface area contributed by atoms with Crippen molar-refractivity contribution in [1.29, 1.82) is 0 Å². The molecule has 1 N–H and O–H groups in total. The highest BCUT2D eigenvalue weighted by molar-refractivity contribution is 5.91. The van der Waals surface area contributed by atoms with Crippen LogP contribution in [-0.4, -0.2) is 53.5 Å². The average Bonchev–Trinajstić information content (AvgIpc) is 3.52. The van der Waals surface area contributed by atoms with Crippen LogP contribution < -0.4 is 10.2 Å². The van der Waals surface area contributed by atoms with Crippen molar-refractivity contribution in [3.05, 3.63) is 36.3 Å². The topological polar surface area (TPSA) is 107 Å². The van der Waals surface area contributed by atoms with E-state index in [-0.39, 0.29) is 11.9 Å². The van der Waals surface area contributed by atoms with Gasteiger partial charge >= 0.3 is 0 Å². The molecule has 3 aromatic rings. The fourth-order valence-electron chi connectivity index (χ4n) is 4.43. The van der Waals surface area contributed by atoms with Gasteiger partial charge in [0.05, 0.1) is 12.2 Å². The molecule has 29 heavy (non-hydrogen) atoms. The zero-order valence-electron chi connectivity index (χ0n) is 16.5. The Bertz CT molecular complexity index is 1050. The van der Waals surface area contributed by atoms with Gasteiger partial charge in [-0.3, -0.25) is 9.36 Å². The van der Waals surface area contributed by atoms with Gasteiger partial charge in [-0.1, -0.05) is 19.8 Å². The van der Waals surface area contributed by atoms with Gasteiger partial charge in [0, 0.05) is 19.3 Å². The second-order valence-electron chi connectivity index (χ2n) is 7.43. The summed E-state index contributed by atoms with van der Waals surface area (Å²) in [6.07, 6.45) is 10.9. The summed E-state index contributed by atoms with van der Waals surface area (Å²) in [6, 6.07) is 2.20. The summed E-state index contributed by atoms with van der Waals surface area (Å²) in [5.74, 6) is 2.00. The summed E-state index contributed by atoms with van der Waals surface area (Å²) in [7, 11) is 1.58. The lowest BCUT2D eigenvalue weighted by Crippen LogP contribution is -2.42. The molecule has 10 nitrogen and oxygen atoms in total. The molecule has 150 valence electrons. The van der Waals surface area contributed by atoms with Crippen molar-refractivity contribution in [2.45, 2.75) is 51.1 Å². The quantitative estimate of drug-likeness (QED) is 0.720. The van der Waals surface area contributed by atoms with Gasteiger partial charge in [-0.15, -0.1) is 10.2 Å². The van der Waals surface area contributed by atoms with Gasteiger partial charge < -0.3 is 10.2 Å². The molecule has 0 radical (unpaired) electrons. The third kappa shape index (κ3) is 2.78. The fourth-order valence-corrected chi connectivity index (χ4v) is 4.43. The van der Waals surface area contributed by atoms with Crippen LogP contribution in [0, 0.1) is 0 Å². The van der Waals surface area contributed by atoms with Crippen LogP contribution in [0.2, 0.25) is 0 Å². The molecule has 1 fully saturated rings. The number of amides is 1. The maximum atomic E-state index is 11.9. The summed E-state index contributed by atoms with van der Waals surface area (Å²) >= 11 is 0. The number of hydrogen-bond acceptors (Lipinski definition) is 7. The summed E-state index contributed by atoms with van der Waals surface area (Å²) in [6.45, 7) is 2.17. The molecule has 1 saturated carbocycles. The Balaban J connectivity index is 1.63. The fraction of sp³-hybridized carbons (Fsp3) is 0.474. The number of carbonyl (C=O) groups is 1. The van der Waals surface area contributed by atoms with Gasteiger partial charge in [-0.2, -0.15) is 10.1 Å². The minimum atomic E-state index is -0.241. The van der Waals surface area contributed by atoms with Crippen molar-refractivity contribution in [2.75, 3.05) is 11.9 Å². The smallest absolute Gasteiger partial charge is 0.271 e. The number of anilines is 1. The predicted molar refractivity (Wildman–Crippen MR) is 105 cm³/mol. The molecule has 1 unspecified atom stereocenters. The lowest BCUT2D eigenvalue weighted by molar-refractivity contribution is 0.0957. The maximum Gasteiger partial charge on any atom is 0.271 e. The van der Waals surface area contributed by atoms with Crippen LogP contribution in [0.4, 0.5) is 5.82 Å². The second-order valence-corrected chi connectivity index (χ2v) is 7.43. The van der Waals surface area contributed by atoms with Gasteiger partial charge in [0.2, 0.25) is 0 Å². The Morgan fingerprint density at radius 2 is 2.14 bits per heavy atom. The first kappa shape index (κ1) is 17.8. The molecule has 10 heteroatoms. The van der Waals surface area contributed by atoms with Crippen LogP contribution in [0.15, 0.2) is 24.8 Å². The van der Waals surface area contributed by atoms with E-state index in [4.69, 9.17) is 4.98 Å². The van der Waals surface area contributed by atoms with Crippen LogP contribution in [0.3, 0.4) is 0 Å². The Labute approximate surface area is 168 Å². The first-order valence-corrected chi connectivity index (χ1v) is 10.0. The molecular formula is C19H23N9O. The first-order valence-electron chi connectivity index (χ1n) is 10.0. The molecule has 1 atom stereocenters. The Morgan fingerprint density at radius 1 is 1.31 bits per heavy atom. The molecule has 1 amide bonds. The Hall–Kier alpha value is -3.30. The zero-order chi connectivity index (χ0) is 20.0. The molecule has 0 spiro atoms. The number of rotatable bonds is 4. The number of hydrogen-bond donors (Lipinski definition) is 1. The summed E-state index contributed by atoms with van der Waals surface area (Å²) in [5, 5.41) is 15.4. The van der Waals surface area contributed by atoms with Crippen LogP contribution in [0.1, 0.15) is 61.4 Å². The van der Waals surface area contributed by atoms with Crippen molar-refractivity contribution >= 4 is 11.7 Å². The number of nitrogens with zero attached hydrogens (tertiary/aromatic N) is 8. The third-order valence-corrected chi connectivity index (χ3v) is 5.81. The largest absolute Gasteiger partial charge is 0.354 e. The molecule has 5 rings (SSSR count). The highest BCUT2D eigenvalue weighted by atomic mass is 16.1. The SMILES string of the molecule is CCC1c2nncn2-c2cnc(-n3ccc(C(=O)NC)n3)nc2N1C1CCCC1. The van der Waals surface area contributed by atoms with Gasteiger partial charge in [0.25, 0.3) is 11.9 Å². The first-order chi connectivity index (χ1) is 14.2. The monoisotopic (exact) mass is 393 g/mol. The summed E-state index contributed by atoms with van der Waals surface area (Å²) in [4.78, 5) is 23.7. The van der Waals surface area contributed by atoms with E-state index in [1.165, 1.54) is 12.8 Å². The minimum absolute atomic E-state index is 0.120. The van der Waals surface area contributed by atoms with Crippen LogP contribution in [-0.2, 0) is 0 Å². The zero-order valence-corrected chi connectivity index (χ0v) is 16.5. The summed E-state index contributed by atoms with van der Waals surface area (Å²) in [5.41, 5.74) is 1.21. The molecular weight excluding hydrogens is 370 g/mol. The van der Waals surface area contributed by atoms with E-state index in [2.05, 4.69) is 37.4 Å². The highest BCUT2D eigenvalue weighted by Gasteiger charge is 2.38. The average molecular weight is 393 g/mol. The van der Waals surface area contributed by atoms with Crippen molar-refractivity contribution in [1.82, 2.24) is 39.8 Å². The van der Waals surface area contributed by atoms with Crippen molar-refractivity contribution < 1.29 is 4.79 Å². The van der Waals surface area contributed by atoms with Crippen molar-refractivity contribution in [3.8, 4) is 11.6 Å². The number of fused-ring (bicyclic) bond motifs is 3. The maximum absolute atomic E-state index is 11.9. The van der Waals surface area contributed by atoms with Gasteiger partial charge in [0.1, 0.15) is 12.0 Å². The second kappa shape index (κ2) is 6.94. The van der Waals surface area contributed by atoms with Gasteiger partial charge in [0.15, 0.2) is 17.3 Å². The Morgan fingerprint density at radius 3 is 2.90 bits per heavy atom. The lowest BCUT2D eigenvalue weighted by atomic mass is 10.0. The third-order valence-electron chi connectivity index (χ3n) is 5.81. The van der Waals surface area contributed by atoms with Crippen LogP contribution >= 0.6 is 0 Å². The van der Waals surface area contributed by atoms with E-state index in [1.807, 2.05) is 4.57 Å². The number of carbonyl (C=O) groups excluding carboxylic acids is 1. The molecule has 0 bridgehead atoms. The van der Waals surface area contributed by atoms with Crippen LogP contribution in [0.25, 0.3) is 11.6 Å². The van der Waals surface area contributed by atoms with E-state index >= 15 is 0 Å². The minimum Gasteiger partial charge on any atom is -0.354 e. The molecule has 3 aromatic heterocycles. The van der Waals surface area contributed by atoms with Crippen molar-refractivity contribution in [3.63, 3.8) is 0 Å².